The zero-order valence-electron chi connectivity index (χ0n) is 22.5. The Labute approximate surface area is 240 Å². The van der Waals surface area contributed by atoms with Gasteiger partial charge in [0.15, 0.2) is 28.3 Å². The van der Waals surface area contributed by atoms with Gasteiger partial charge in [-0.1, -0.05) is 12.1 Å². The number of methoxy groups -OCH3 is 1. The second-order valence-corrected chi connectivity index (χ2v) is 13.9. The molecule has 0 spiro atoms. The Bertz CT molecular complexity index is 1770. The molecule has 0 amide bonds. The Kier molecular flexibility index (Phi) is 7.11. The minimum atomic E-state index is -4.57. The fraction of sp³-hybridized carbons (Fsp3) is 0.400. The number of ketones is 1. The van der Waals surface area contributed by atoms with Gasteiger partial charge in [0.1, 0.15) is 0 Å². The number of nitro groups is 2. The summed E-state index contributed by atoms with van der Waals surface area (Å²) < 4.78 is 69.4. The Hall–Kier alpha value is -3.93. The topological polar surface area (TPSA) is 203 Å². The molecule has 4 atom stereocenters. The van der Waals surface area contributed by atoms with Gasteiger partial charge in [-0.2, -0.15) is 8.42 Å². The van der Waals surface area contributed by atoms with E-state index in [1.165, 1.54) is 20.2 Å². The van der Waals surface area contributed by atoms with Crippen molar-refractivity contribution in [3.8, 4) is 11.5 Å². The summed E-state index contributed by atoms with van der Waals surface area (Å²) in [7, 11) is -5.92. The monoisotopic (exact) mass is 623 g/mol. The maximum absolute atomic E-state index is 13.5. The molecular formula is C25H25N3O12S2. The maximum Gasteiger partial charge on any atom is 0.296 e. The Morgan fingerprint density at radius 1 is 1.12 bits per heavy atom. The lowest BCUT2D eigenvalue weighted by Gasteiger charge is -2.48. The fourth-order valence-corrected chi connectivity index (χ4v) is 8.12. The molecule has 17 heteroatoms. The van der Waals surface area contributed by atoms with Crippen LogP contribution in [0.15, 0.2) is 47.4 Å². The van der Waals surface area contributed by atoms with E-state index in [2.05, 4.69) is 0 Å². The molecule has 0 radical (unpaired) electrons. The van der Waals surface area contributed by atoms with Gasteiger partial charge in [0.2, 0.25) is 10.0 Å². The Morgan fingerprint density at radius 2 is 1.83 bits per heavy atom. The van der Waals surface area contributed by atoms with Gasteiger partial charge in [-0.15, -0.1) is 0 Å². The van der Waals surface area contributed by atoms with Crippen molar-refractivity contribution in [1.82, 2.24) is 4.31 Å². The number of ether oxygens (including phenoxy) is 2. The summed E-state index contributed by atoms with van der Waals surface area (Å²) in [6.07, 6.45) is 1.72. The van der Waals surface area contributed by atoms with Crippen molar-refractivity contribution >= 4 is 37.3 Å². The van der Waals surface area contributed by atoms with Crippen LogP contribution < -0.4 is 9.47 Å². The summed E-state index contributed by atoms with van der Waals surface area (Å²) in [5.74, 6) is -0.539. The summed E-state index contributed by atoms with van der Waals surface area (Å²) in [5.41, 5.74) is -1.68. The van der Waals surface area contributed by atoms with Crippen LogP contribution in [0, 0.1) is 26.1 Å². The first-order valence-electron chi connectivity index (χ1n) is 12.5. The zero-order valence-corrected chi connectivity index (χ0v) is 24.1. The van der Waals surface area contributed by atoms with E-state index in [4.69, 9.17) is 13.7 Å². The van der Waals surface area contributed by atoms with Crippen molar-refractivity contribution in [3.63, 3.8) is 0 Å². The summed E-state index contributed by atoms with van der Waals surface area (Å²) >= 11 is 0. The van der Waals surface area contributed by atoms with E-state index in [1.807, 2.05) is 0 Å². The van der Waals surface area contributed by atoms with Crippen LogP contribution in [0.2, 0.25) is 0 Å². The molecule has 2 aromatic rings. The first-order valence-corrected chi connectivity index (χ1v) is 15.7. The molecule has 3 aliphatic rings. The first-order chi connectivity index (χ1) is 19.6. The molecule has 0 aromatic heterocycles. The molecule has 0 saturated heterocycles. The van der Waals surface area contributed by atoms with Crippen molar-refractivity contribution in [2.75, 3.05) is 27.0 Å². The van der Waals surface area contributed by atoms with Crippen LogP contribution in [0.25, 0.3) is 0 Å². The van der Waals surface area contributed by atoms with Crippen molar-refractivity contribution in [1.29, 1.82) is 0 Å². The van der Waals surface area contributed by atoms with Crippen molar-refractivity contribution < 1.29 is 45.1 Å². The van der Waals surface area contributed by atoms with E-state index in [0.29, 0.717) is 22.9 Å². The molecule has 0 bridgehead atoms. The normalized spacial score (nSPS) is 24.3. The highest BCUT2D eigenvalue weighted by atomic mass is 32.2. The van der Waals surface area contributed by atoms with E-state index in [0.717, 1.165) is 22.7 Å². The van der Waals surface area contributed by atoms with E-state index in [9.17, 15) is 41.9 Å². The molecule has 5 rings (SSSR count). The predicted molar refractivity (Wildman–Crippen MR) is 144 cm³/mol. The Balaban J connectivity index is 1.59. The molecule has 1 aliphatic heterocycles. The highest BCUT2D eigenvalue weighted by Crippen LogP contribution is 2.60. The number of hydrogen-bond acceptors (Lipinski definition) is 12. The summed E-state index contributed by atoms with van der Waals surface area (Å²) in [5, 5.41) is 22.8. The number of carbonyl (C=O) groups is 1. The van der Waals surface area contributed by atoms with Crippen molar-refractivity contribution in [2.24, 2.45) is 5.92 Å². The van der Waals surface area contributed by atoms with Gasteiger partial charge in [0, 0.05) is 37.6 Å². The van der Waals surface area contributed by atoms with Crippen LogP contribution in [-0.4, -0.2) is 75.9 Å². The van der Waals surface area contributed by atoms with E-state index in [-0.39, 0.29) is 25.1 Å². The molecule has 224 valence electrons. The van der Waals surface area contributed by atoms with E-state index >= 15 is 0 Å². The smallest absolute Gasteiger partial charge is 0.296 e. The summed E-state index contributed by atoms with van der Waals surface area (Å²) in [4.78, 5) is 33.4. The number of sulfonamides is 1. The molecule has 1 unspecified atom stereocenters. The van der Waals surface area contributed by atoms with Crippen LogP contribution >= 0.6 is 0 Å². The molecule has 0 saturated carbocycles. The minimum Gasteiger partial charge on any atom is -0.493 e. The summed E-state index contributed by atoms with van der Waals surface area (Å²) in [6.45, 7) is -0.296. The zero-order chi connectivity index (χ0) is 30.8. The van der Waals surface area contributed by atoms with Crippen LogP contribution in [0.5, 0.6) is 11.5 Å². The lowest BCUT2D eigenvalue weighted by Crippen LogP contribution is -2.58. The van der Waals surface area contributed by atoms with Gasteiger partial charge in [-0.05, 0) is 30.2 Å². The third kappa shape index (κ3) is 4.61. The van der Waals surface area contributed by atoms with Crippen LogP contribution in [0.1, 0.15) is 17.5 Å². The Morgan fingerprint density at radius 3 is 2.45 bits per heavy atom. The molecule has 0 fully saturated rings. The van der Waals surface area contributed by atoms with Crippen LogP contribution in [-0.2, 0) is 41.0 Å². The van der Waals surface area contributed by atoms with Crippen molar-refractivity contribution in [3.05, 3.63) is 73.8 Å². The van der Waals surface area contributed by atoms with Gasteiger partial charge in [0.05, 0.1) is 40.8 Å². The lowest BCUT2D eigenvalue weighted by molar-refractivity contribution is -0.396. The SMILES string of the molecule is COc1ccc2c3c1O[C@H]1C(=O)C=C[C@@H](C(OS(C)(=O)=O)C2)[C@@]31CCN(C)S(=O)(=O)c1ccc([N+](=O)[O-])cc1[N+](=O)[O-]. The molecule has 42 heavy (non-hydrogen) atoms. The van der Waals surface area contributed by atoms with E-state index in [1.54, 1.807) is 18.2 Å². The summed E-state index contributed by atoms with van der Waals surface area (Å²) in [6, 6.07) is 5.56. The number of non-ortho nitro benzene ring substituents is 1. The lowest BCUT2D eigenvalue weighted by atomic mass is 9.56. The maximum atomic E-state index is 13.5. The predicted octanol–water partition coefficient (Wildman–Crippen LogP) is 1.88. The number of carbonyl (C=O) groups excluding carboxylic acids is 1. The van der Waals surface area contributed by atoms with Crippen molar-refractivity contribution in [2.45, 2.75) is 35.4 Å². The fourth-order valence-electron chi connectivity index (χ4n) is 6.18. The quantitative estimate of drug-likeness (QED) is 0.211. The molecule has 15 nitrogen and oxygen atoms in total. The highest BCUT2D eigenvalue weighted by Gasteiger charge is 2.63. The minimum absolute atomic E-state index is 0.0777. The second-order valence-electron chi connectivity index (χ2n) is 10.2. The van der Waals surface area contributed by atoms with Gasteiger partial charge in [-0.25, -0.2) is 12.7 Å². The first kappa shape index (κ1) is 29.6. The van der Waals surface area contributed by atoms with Gasteiger partial charge in [0.25, 0.3) is 21.5 Å². The molecule has 2 aromatic carbocycles. The molecule has 2 aliphatic carbocycles. The van der Waals surface area contributed by atoms with Crippen LogP contribution in [0.4, 0.5) is 11.4 Å². The standard InChI is InChI=1S/C25H25N3O12S2/c1-26(42(36,37)21-9-5-15(27(30)31)13-17(21)28(32)33)11-10-25-16-6-7-18(29)24(25)39-23-19(38-2)8-4-14(22(23)25)12-20(16)40-41(3,34)35/h4-9,13,16,20,24H,10-12H2,1-3H3/t16-,20?,24-,25-/m0/s1. The molecule has 1 heterocycles. The molecular weight excluding hydrogens is 598 g/mol. The highest BCUT2D eigenvalue weighted by molar-refractivity contribution is 7.89. The largest absolute Gasteiger partial charge is 0.493 e. The van der Waals surface area contributed by atoms with Crippen LogP contribution in [0.3, 0.4) is 0 Å². The second kappa shape index (κ2) is 10.1. The number of nitro benzene ring substituents is 2. The van der Waals surface area contributed by atoms with Gasteiger partial charge in [-0.3, -0.25) is 29.2 Å². The molecule has 0 N–H and O–H groups in total. The number of hydrogen-bond donors (Lipinski definition) is 0. The van der Waals surface area contributed by atoms with E-state index < -0.39 is 75.6 Å². The average Bonchev–Trinajstić information content (AvgIpc) is 3.28. The number of rotatable bonds is 10. The average molecular weight is 624 g/mol. The van der Waals surface area contributed by atoms with Gasteiger partial charge < -0.3 is 9.47 Å². The third-order valence-electron chi connectivity index (χ3n) is 7.92. The number of nitrogens with zero attached hydrogens (tertiary/aromatic N) is 3. The number of benzene rings is 2. The van der Waals surface area contributed by atoms with Gasteiger partial charge >= 0.3 is 0 Å². The third-order valence-corrected chi connectivity index (χ3v) is 10.4.